The Labute approximate surface area is 144 Å². The van der Waals surface area contributed by atoms with Gasteiger partial charge in [0.05, 0.1) is 11.3 Å². The number of pyridine rings is 1. The van der Waals surface area contributed by atoms with Crippen LogP contribution in [0.15, 0.2) is 47.2 Å². The number of nitrogens with zero attached hydrogens (tertiary/aromatic N) is 2. The largest absolute Gasteiger partial charge is 0.384 e. The number of anilines is 2. The maximum absolute atomic E-state index is 11.4. The summed E-state index contributed by atoms with van der Waals surface area (Å²) in [5, 5.41) is 3.34. The number of hydrogen-bond donors (Lipinski definition) is 2. The lowest BCUT2D eigenvalue weighted by atomic mass is 10.1. The molecule has 2 heterocycles. The second-order valence-corrected chi connectivity index (χ2v) is 6.66. The third-order valence-corrected chi connectivity index (χ3v) is 4.62. The van der Waals surface area contributed by atoms with E-state index in [1.165, 1.54) is 11.9 Å². The average molecular weight is 375 g/mol. The van der Waals surface area contributed by atoms with Crippen LogP contribution in [0.3, 0.4) is 0 Å². The molecule has 1 unspecified atom stereocenters. The molecule has 3 N–H and O–H groups in total. The molecule has 0 spiro atoms. The summed E-state index contributed by atoms with van der Waals surface area (Å²) in [6.45, 7) is 2.86. The second kappa shape index (κ2) is 7.00. The highest BCUT2D eigenvalue weighted by Crippen LogP contribution is 2.26. The summed E-state index contributed by atoms with van der Waals surface area (Å²) >= 11 is 3.52. The summed E-state index contributed by atoms with van der Waals surface area (Å²) in [4.78, 5) is 17.8. The highest BCUT2D eigenvalue weighted by molar-refractivity contribution is 9.10. The lowest BCUT2D eigenvalue weighted by Crippen LogP contribution is -2.23. The Morgan fingerprint density at radius 1 is 1.43 bits per heavy atom. The van der Waals surface area contributed by atoms with Crippen LogP contribution in [-0.4, -0.2) is 30.5 Å². The molecule has 1 atom stereocenters. The monoisotopic (exact) mass is 374 g/mol. The molecule has 1 aromatic heterocycles. The number of primary amides is 1. The fourth-order valence-electron chi connectivity index (χ4n) is 2.91. The van der Waals surface area contributed by atoms with Gasteiger partial charge in [-0.15, -0.1) is 0 Å². The van der Waals surface area contributed by atoms with Crippen molar-refractivity contribution in [2.75, 3.05) is 29.9 Å². The van der Waals surface area contributed by atoms with Gasteiger partial charge in [0, 0.05) is 42.2 Å². The normalized spacial score (nSPS) is 17.3. The van der Waals surface area contributed by atoms with Crippen LogP contribution in [0.2, 0.25) is 0 Å². The van der Waals surface area contributed by atoms with Gasteiger partial charge in [0.2, 0.25) is 0 Å². The van der Waals surface area contributed by atoms with Gasteiger partial charge in [-0.3, -0.25) is 9.78 Å². The van der Waals surface area contributed by atoms with Crippen LogP contribution in [0, 0.1) is 5.92 Å². The Hall–Kier alpha value is -2.08. The van der Waals surface area contributed by atoms with Gasteiger partial charge in [-0.25, -0.2) is 0 Å². The van der Waals surface area contributed by atoms with E-state index in [1.807, 2.05) is 6.07 Å². The quantitative estimate of drug-likeness (QED) is 0.843. The molecule has 0 radical (unpaired) electrons. The molecule has 1 aliphatic heterocycles. The molecular weight excluding hydrogens is 356 g/mol. The first-order chi connectivity index (χ1) is 11.1. The molecule has 0 saturated carbocycles. The van der Waals surface area contributed by atoms with Gasteiger partial charge in [0.25, 0.3) is 5.91 Å². The lowest BCUT2D eigenvalue weighted by molar-refractivity contribution is 0.100. The first-order valence-electron chi connectivity index (χ1n) is 7.61. The molecule has 23 heavy (non-hydrogen) atoms. The van der Waals surface area contributed by atoms with E-state index in [0.29, 0.717) is 11.5 Å². The van der Waals surface area contributed by atoms with E-state index in [1.54, 1.807) is 12.3 Å². The summed E-state index contributed by atoms with van der Waals surface area (Å²) in [5.74, 6) is 0.0747. The van der Waals surface area contributed by atoms with Crippen LogP contribution in [0.25, 0.3) is 0 Å². The second-order valence-electron chi connectivity index (χ2n) is 5.75. The number of nitrogens with one attached hydrogen (secondary N) is 1. The molecule has 2 aromatic rings. The third kappa shape index (κ3) is 3.82. The predicted molar refractivity (Wildman–Crippen MR) is 95.7 cm³/mol. The summed E-state index contributed by atoms with van der Waals surface area (Å²) in [6.07, 6.45) is 4.29. The number of halogens is 1. The van der Waals surface area contributed by atoms with Gasteiger partial charge in [-0.2, -0.15) is 0 Å². The molecule has 1 aliphatic rings. The summed E-state index contributed by atoms with van der Waals surface area (Å²) in [5.41, 5.74) is 7.82. The summed E-state index contributed by atoms with van der Waals surface area (Å²) < 4.78 is 1.10. The minimum atomic E-state index is -0.456. The minimum Gasteiger partial charge on any atom is -0.384 e. The zero-order valence-electron chi connectivity index (χ0n) is 12.7. The molecule has 6 heteroatoms. The van der Waals surface area contributed by atoms with Gasteiger partial charge < -0.3 is 16.0 Å². The molecule has 5 nitrogen and oxygen atoms in total. The Balaban J connectivity index is 1.60. The number of carbonyl (C=O) groups is 1. The Morgan fingerprint density at radius 3 is 3.09 bits per heavy atom. The number of hydrogen-bond acceptors (Lipinski definition) is 4. The van der Waals surface area contributed by atoms with E-state index in [-0.39, 0.29) is 0 Å². The van der Waals surface area contributed by atoms with Gasteiger partial charge >= 0.3 is 0 Å². The smallest absolute Gasteiger partial charge is 0.252 e. The molecule has 1 fully saturated rings. The van der Waals surface area contributed by atoms with Crippen molar-refractivity contribution in [1.82, 2.24) is 4.98 Å². The van der Waals surface area contributed by atoms with E-state index in [0.717, 1.165) is 36.2 Å². The minimum absolute atomic E-state index is 0.439. The van der Waals surface area contributed by atoms with Crippen molar-refractivity contribution < 1.29 is 4.79 Å². The molecule has 120 valence electrons. The number of nitrogens with two attached hydrogens (primary N) is 1. The zero-order valence-corrected chi connectivity index (χ0v) is 14.3. The topological polar surface area (TPSA) is 71.2 Å². The summed E-state index contributed by atoms with van der Waals surface area (Å²) in [7, 11) is 0. The summed E-state index contributed by atoms with van der Waals surface area (Å²) in [6, 6.07) is 10.2. The number of amides is 1. The Morgan fingerprint density at radius 2 is 2.30 bits per heavy atom. The van der Waals surface area contributed by atoms with Gasteiger partial charge in [0.1, 0.15) is 0 Å². The van der Waals surface area contributed by atoms with Gasteiger partial charge in [0.15, 0.2) is 0 Å². The van der Waals surface area contributed by atoms with E-state index >= 15 is 0 Å². The first-order valence-corrected chi connectivity index (χ1v) is 8.41. The fourth-order valence-corrected chi connectivity index (χ4v) is 3.29. The average Bonchev–Trinajstić information content (AvgIpc) is 3.02. The molecule has 0 aliphatic carbocycles. The van der Waals surface area contributed by atoms with Crippen molar-refractivity contribution in [2.45, 2.75) is 6.42 Å². The molecule has 1 saturated heterocycles. The van der Waals surface area contributed by atoms with Gasteiger partial charge in [-0.1, -0.05) is 22.0 Å². The predicted octanol–water partition coefficient (Wildman–Crippen LogP) is 2.88. The fraction of sp³-hybridized carbons (Fsp3) is 0.294. The van der Waals surface area contributed by atoms with Crippen molar-refractivity contribution >= 4 is 33.2 Å². The SMILES string of the molecule is NC(=O)c1cnccc1NCC1CCN(c2cccc(Br)c2)C1. The lowest BCUT2D eigenvalue weighted by Gasteiger charge is -2.19. The van der Waals surface area contributed by atoms with Crippen molar-refractivity contribution in [3.05, 3.63) is 52.8 Å². The van der Waals surface area contributed by atoms with Crippen molar-refractivity contribution in [3.8, 4) is 0 Å². The van der Waals surface area contributed by atoms with Crippen LogP contribution < -0.4 is 16.0 Å². The Bertz CT molecular complexity index is 706. The van der Waals surface area contributed by atoms with Crippen LogP contribution in [0.1, 0.15) is 16.8 Å². The van der Waals surface area contributed by atoms with Gasteiger partial charge in [-0.05, 0) is 36.6 Å². The van der Waals surface area contributed by atoms with Crippen molar-refractivity contribution in [2.24, 2.45) is 11.7 Å². The molecular formula is C17H19BrN4O. The molecule has 1 amide bonds. The zero-order chi connectivity index (χ0) is 16.2. The number of carbonyl (C=O) groups excluding carboxylic acids is 1. The Kier molecular flexibility index (Phi) is 4.81. The van der Waals surface area contributed by atoms with Crippen LogP contribution in [-0.2, 0) is 0 Å². The van der Waals surface area contributed by atoms with Crippen LogP contribution in [0.5, 0.6) is 0 Å². The number of aromatic nitrogens is 1. The highest BCUT2D eigenvalue weighted by Gasteiger charge is 2.23. The van der Waals surface area contributed by atoms with Crippen molar-refractivity contribution in [1.29, 1.82) is 0 Å². The first kappa shape index (κ1) is 15.8. The molecule has 3 rings (SSSR count). The highest BCUT2D eigenvalue weighted by atomic mass is 79.9. The molecule has 1 aromatic carbocycles. The maximum atomic E-state index is 11.4. The van der Waals surface area contributed by atoms with E-state index < -0.39 is 5.91 Å². The number of benzene rings is 1. The molecule has 0 bridgehead atoms. The van der Waals surface area contributed by atoms with E-state index in [2.05, 4.69) is 49.3 Å². The standard InChI is InChI=1S/C17H19BrN4O/c18-13-2-1-3-14(8-13)22-7-5-12(11-22)9-21-16-4-6-20-10-15(16)17(19)23/h1-4,6,8,10,12H,5,7,9,11H2,(H2,19,23)(H,20,21). The third-order valence-electron chi connectivity index (χ3n) is 4.13. The van der Waals surface area contributed by atoms with Crippen LogP contribution >= 0.6 is 15.9 Å². The maximum Gasteiger partial charge on any atom is 0.252 e. The van der Waals surface area contributed by atoms with E-state index in [4.69, 9.17) is 5.73 Å². The van der Waals surface area contributed by atoms with E-state index in [9.17, 15) is 4.79 Å². The number of rotatable bonds is 5. The van der Waals surface area contributed by atoms with Crippen LogP contribution in [0.4, 0.5) is 11.4 Å². The van der Waals surface area contributed by atoms with Crippen molar-refractivity contribution in [3.63, 3.8) is 0 Å².